The fourth-order valence-corrected chi connectivity index (χ4v) is 4.18. The molecule has 0 bridgehead atoms. The van der Waals surface area contributed by atoms with E-state index in [0.717, 1.165) is 38.8 Å². The van der Waals surface area contributed by atoms with Gasteiger partial charge in [0.05, 0.1) is 23.1 Å². The molecule has 0 aliphatic carbocycles. The molecular weight excluding hydrogens is 439 g/mol. The van der Waals surface area contributed by atoms with E-state index in [0.29, 0.717) is 28.6 Å². The van der Waals surface area contributed by atoms with Gasteiger partial charge in [-0.3, -0.25) is 14.9 Å². The largest absolute Gasteiger partial charge is 0.344 e. The van der Waals surface area contributed by atoms with Crippen molar-refractivity contribution >= 4 is 41.0 Å². The Kier molecular flexibility index (Phi) is 8.38. The number of benzene rings is 1. The van der Waals surface area contributed by atoms with Gasteiger partial charge < -0.3 is 15.1 Å². The molecule has 166 valence electrons. The summed E-state index contributed by atoms with van der Waals surface area (Å²) < 4.78 is 0. The van der Waals surface area contributed by atoms with Crippen molar-refractivity contribution in [1.82, 2.24) is 20.4 Å². The molecule has 2 saturated heterocycles. The van der Waals surface area contributed by atoms with E-state index in [4.69, 9.17) is 28.5 Å². The first-order valence-electron chi connectivity index (χ1n) is 10.4. The predicted octanol–water partition coefficient (Wildman–Crippen LogP) is 2.51. The van der Waals surface area contributed by atoms with Crippen molar-refractivity contribution in [3.63, 3.8) is 0 Å². The van der Waals surface area contributed by atoms with Crippen LogP contribution in [0.3, 0.4) is 0 Å². The van der Waals surface area contributed by atoms with Crippen LogP contribution in [-0.2, 0) is 16.1 Å². The van der Waals surface area contributed by atoms with Gasteiger partial charge in [-0.1, -0.05) is 35.3 Å². The summed E-state index contributed by atoms with van der Waals surface area (Å²) in [5.74, 6) is 0.0222. The molecule has 2 amide bonds. The van der Waals surface area contributed by atoms with Gasteiger partial charge in [0.1, 0.15) is 6.04 Å². The van der Waals surface area contributed by atoms with E-state index in [1.165, 1.54) is 0 Å². The molecule has 1 aromatic rings. The number of halogens is 2. The number of carbonyl (C=O) groups is 2. The van der Waals surface area contributed by atoms with Gasteiger partial charge in [-0.2, -0.15) is 5.26 Å². The Bertz CT molecular complexity index is 879. The number of nitriles is 1. The van der Waals surface area contributed by atoms with Crippen LogP contribution in [0.1, 0.15) is 37.7 Å². The first kappa shape index (κ1) is 23.2. The van der Waals surface area contributed by atoms with Crippen LogP contribution < -0.4 is 10.6 Å². The first-order chi connectivity index (χ1) is 15.0. The maximum atomic E-state index is 13.1. The van der Waals surface area contributed by atoms with Crippen LogP contribution >= 0.6 is 23.2 Å². The lowest BCUT2D eigenvalue weighted by Gasteiger charge is -2.27. The van der Waals surface area contributed by atoms with Gasteiger partial charge in [0.25, 0.3) is 0 Å². The average molecular weight is 465 g/mol. The molecule has 10 heteroatoms. The highest BCUT2D eigenvalue weighted by atomic mass is 35.5. The van der Waals surface area contributed by atoms with E-state index >= 15 is 0 Å². The third-order valence-electron chi connectivity index (χ3n) is 5.49. The van der Waals surface area contributed by atoms with E-state index in [1.807, 2.05) is 11.1 Å². The third kappa shape index (κ3) is 6.25. The molecule has 8 nitrogen and oxygen atoms in total. The molecule has 0 aromatic heterocycles. The van der Waals surface area contributed by atoms with Crippen LogP contribution in [0.25, 0.3) is 0 Å². The fraction of sp³-hybridized carbons (Fsp3) is 0.524. The number of aliphatic imine (C=N–C) groups is 1. The summed E-state index contributed by atoms with van der Waals surface area (Å²) in [5.41, 5.74) is 0.707. The number of hydrogen-bond acceptors (Lipinski definition) is 4. The fourth-order valence-electron chi connectivity index (χ4n) is 3.80. The normalized spacial score (nSPS) is 19.7. The Hall–Kier alpha value is -2.50. The topological polar surface area (TPSA) is 101 Å². The SMILES string of the molecule is N#CNC(=NCc1cccc(Cl)c1Cl)NC1CCCCN(CC(=O)N2CCCC2)C1=O. The van der Waals surface area contributed by atoms with E-state index in [2.05, 4.69) is 15.6 Å². The van der Waals surface area contributed by atoms with Crippen LogP contribution in [0.2, 0.25) is 10.0 Å². The molecule has 3 rings (SSSR count). The van der Waals surface area contributed by atoms with Gasteiger partial charge in [-0.15, -0.1) is 0 Å². The summed E-state index contributed by atoms with van der Waals surface area (Å²) >= 11 is 12.3. The van der Waals surface area contributed by atoms with Crippen molar-refractivity contribution in [2.45, 2.75) is 44.7 Å². The van der Waals surface area contributed by atoms with Gasteiger partial charge in [-0.05, 0) is 43.7 Å². The Morgan fingerprint density at radius 3 is 2.68 bits per heavy atom. The van der Waals surface area contributed by atoms with Gasteiger partial charge in [0.15, 0.2) is 6.19 Å². The zero-order chi connectivity index (χ0) is 22.2. The monoisotopic (exact) mass is 464 g/mol. The summed E-state index contributed by atoms with van der Waals surface area (Å²) in [6, 6.07) is 4.69. The number of rotatable bonds is 5. The lowest BCUT2D eigenvalue weighted by atomic mass is 10.1. The minimum absolute atomic E-state index is 0.00821. The van der Waals surface area contributed by atoms with Gasteiger partial charge in [-0.25, -0.2) is 4.99 Å². The molecule has 2 heterocycles. The average Bonchev–Trinajstić information content (AvgIpc) is 3.25. The standard InChI is InChI=1S/C21H26Cl2N6O2/c22-16-7-5-6-15(19(16)23)12-25-21(26-14-24)27-17-8-1-2-11-29(20(17)31)13-18(30)28-9-3-4-10-28/h5-7,17H,1-4,8-13H2,(H2,25,26,27). The van der Waals surface area contributed by atoms with Crippen molar-refractivity contribution in [1.29, 1.82) is 5.26 Å². The van der Waals surface area contributed by atoms with E-state index in [1.54, 1.807) is 23.1 Å². The van der Waals surface area contributed by atoms with Crippen LogP contribution in [-0.4, -0.2) is 59.8 Å². The molecule has 2 aliphatic rings. The molecule has 2 aliphatic heterocycles. The lowest BCUT2D eigenvalue weighted by Crippen LogP contribution is -2.52. The quantitative estimate of drug-likeness (QED) is 0.301. The van der Waals surface area contributed by atoms with E-state index in [9.17, 15) is 9.59 Å². The van der Waals surface area contributed by atoms with Gasteiger partial charge >= 0.3 is 0 Å². The predicted molar refractivity (Wildman–Crippen MR) is 120 cm³/mol. The zero-order valence-corrected chi connectivity index (χ0v) is 18.8. The van der Waals surface area contributed by atoms with E-state index in [-0.39, 0.29) is 30.9 Å². The number of likely N-dealkylation sites (tertiary alicyclic amines) is 2. The molecule has 1 atom stereocenters. The third-order valence-corrected chi connectivity index (χ3v) is 6.35. The second kappa shape index (κ2) is 11.2. The van der Waals surface area contributed by atoms with Crippen LogP contribution in [0.4, 0.5) is 0 Å². The smallest absolute Gasteiger partial charge is 0.245 e. The van der Waals surface area contributed by atoms with Crippen molar-refractivity contribution in [2.75, 3.05) is 26.2 Å². The molecule has 0 saturated carbocycles. The summed E-state index contributed by atoms with van der Waals surface area (Å²) in [5, 5.41) is 15.5. The van der Waals surface area contributed by atoms with Gasteiger partial charge in [0.2, 0.25) is 17.8 Å². The maximum Gasteiger partial charge on any atom is 0.245 e. The Morgan fingerprint density at radius 1 is 1.19 bits per heavy atom. The zero-order valence-electron chi connectivity index (χ0n) is 17.2. The Balaban J connectivity index is 1.67. The minimum atomic E-state index is -0.566. The second-order valence-corrected chi connectivity index (χ2v) is 8.44. The number of nitrogens with zero attached hydrogens (tertiary/aromatic N) is 4. The highest BCUT2D eigenvalue weighted by molar-refractivity contribution is 6.42. The van der Waals surface area contributed by atoms with E-state index < -0.39 is 6.04 Å². The highest BCUT2D eigenvalue weighted by Crippen LogP contribution is 2.26. The summed E-state index contributed by atoms with van der Waals surface area (Å²) in [6.45, 7) is 2.35. The Labute approximate surface area is 192 Å². The molecule has 2 fully saturated rings. The summed E-state index contributed by atoms with van der Waals surface area (Å²) in [4.78, 5) is 33.4. The Morgan fingerprint density at radius 2 is 1.94 bits per heavy atom. The summed E-state index contributed by atoms with van der Waals surface area (Å²) in [6.07, 6.45) is 6.12. The number of nitrogens with one attached hydrogen (secondary N) is 2. The van der Waals surface area contributed by atoms with Crippen molar-refractivity contribution in [3.8, 4) is 6.19 Å². The molecule has 2 N–H and O–H groups in total. The van der Waals surface area contributed by atoms with Crippen LogP contribution in [0.5, 0.6) is 0 Å². The van der Waals surface area contributed by atoms with Crippen LogP contribution in [0, 0.1) is 11.5 Å². The van der Waals surface area contributed by atoms with Crippen molar-refractivity contribution < 1.29 is 9.59 Å². The number of guanidine groups is 1. The number of hydrogen-bond donors (Lipinski definition) is 2. The minimum Gasteiger partial charge on any atom is -0.344 e. The second-order valence-electron chi connectivity index (χ2n) is 7.65. The molecular formula is C21H26Cl2N6O2. The number of carbonyl (C=O) groups excluding carboxylic acids is 2. The van der Waals surface area contributed by atoms with Crippen LogP contribution in [0.15, 0.2) is 23.2 Å². The lowest BCUT2D eigenvalue weighted by molar-refractivity contribution is -0.140. The molecule has 31 heavy (non-hydrogen) atoms. The molecule has 1 unspecified atom stereocenters. The summed E-state index contributed by atoms with van der Waals surface area (Å²) in [7, 11) is 0. The molecule has 0 spiro atoms. The van der Waals surface area contributed by atoms with Crippen molar-refractivity contribution in [2.24, 2.45) is 4.99 Å². The highest BCUT2D eigenvalue weighted by Gasteiger charge is 2.30. The number of amides is 2. The molecule has 0 radical (unpaired) electrons. The van der Waals surface area contributed by atoms with Crippen molar-refractivity contribution in [3.05, 3.63) is 33.8 Å². The first-order valence-corrected chi connectivity index (χ1v) is 11.2. The maximum absolute atomic E-state index is 13.1. The molecule has 1 aromatic carbocycles. The van der Waals surface area contributed by atoms with Gasteiger partial charge in [0, 0.05) is 19.6 Å².